The molecule has 3 N–H and O–H groups in total. The van der Waals surface area contributed by atoms with Gasteiger partial charge in [-0.25, -0.2) is 19.5 Å². The molecule has 37 heavy (non-hydrogen) atoms. The number of hydrogen-bond acceptors (Lipinski definition) is 11. The summed E-state index contributed by atoms with van der Waals surface area (Å²) in [5, 5.41) is 10.1. The van der Waals surface area contributed by atoms with Gasteiger partial charge in [0.25, 0.3) is 0 Å². The summed E-state index contributed by atoms with van der Waals surface area (Å²) < 4.78 is 39.1. The number of imidazole rings is 1. The van der Waals surface area contributed by atoms with Crippen molar-refractivity contribution < 1.29 is 33.0 Å². The first-order chi connectivity index (χ1) is 17.5. The van der Waals surface area contributed by atoms with E-state index >= 15 is 0 Å². The summed E-state index contributed by atoms with van der Waals surface area (Å²) in [5.74, 6) is 0.517. The van der Waals surface area contributed by atoms with Crippen LogP contribution in [0.1, 0.15) is 39.2 Å². The Balaban J connectivity index is 1.62. The monoisotopic (exact) mass is 533 g/mol. The molecular formula is C24H32N5O7P. The molecule has 1 aliphatic heterocycles. The highest BCUT2D eigenvalue weighted by Crippen LogP contribution is 2.55. The molecule has 1 saturated heterocycles. The van der Waals surface area contributed by atoms with Crippen molar-refractivity contribution in [3.8, 4) is 5.75 Å². The largest absolute Gasteiger partial charge is 0.466 e. The number of carbonyl (C=O) groups excluding carboxylic acids is 1. The fraction of sp³-hybridized carbons (Fsp3) is 0.500. The number of ether oxygens (including phenoxy) is 2. The molecule has 12 nitrogen and oxygen atoms in total. The fourth-order valence-corrected chi connectivity index (χ4v) is 6.58. The lowest BCUT2D eigenvalue weighted by atomic mass is 9.97. The van der Waals surface area contributed by atoms with Gasteiger partial charge in [0, 0.05) is 6.42 Å². The number of aliphatic hydroxyl groups is 1. The normalized spacial score (nSPS) is 21.6. The molecule has 13 heteroatoms. The van der Waals surface area contributed by atoms with Gasteiger partial charge in [-0.3, -0.25) is 13.9 Å². The van der Waals surface area contributed by atoms with E-state index in [2.05, 4.69) is 15.0 Å². The van der Waals surface area contributed by atoms with Gasteiger partial charge >= 0.3 is 13.6 Å². The third-order valence-electron chi connectivity index (χ3n) is 5.93. The Bertz CT molecular complexity index is 1300. The van der Waals surface area contributed by atoms with Crippen LogP contribution in [-0.2, 0) is 23.4 Å². The fourth-order valence-electron chi connectivity index (χ4n) is 4.22. The predicted octanol–water partition coefficient (Wildman–Crippen LogP) is 3.24. The van der Waals surface area contributed by atoms with Gasteiger partial charge in [-0.05, 0) is 39.8 Å². The number of aryl methyl sites for hydroxylation is 1. The SMILES string of the molecule is CCOC(=O)C(C)(C)CP(=O)(Oc1ccccc1)O[C@@H]1C[C@H](n2cnc3c(N)nc(C)nc32)O[C@@H]1CO. The van der Waals surface area contributed by atoms with Crippen LogP contribution in [0, 0.1) is 12.3 Å². The van der Waals surface area contributed by atoms with Gasteiger partial charge < -0.3 is 24.8 Å². The number of benzene rings is 1. The van der Waals surface area contributed by atoms with Crippen LogP contribution < -0.4 is 10.3 Å². The highest BCUT2D eigenvalue weighted by atomic mass is 31.2. The molecular weight excluding hydrogens is 501 g/mol. The van der Waals surface area contributed by atoms with Crippen LogP contribution in [0.3, 0.4) is 0 Å². The van der Waals surface area contributed by atoms with Crippen molar-refractivity contribution in [2.24, 2.45) is 5.41 Å². The van der Waals surface area contributed by atoms with Crippen molar-refractivity contribution in [2.45, 2.75) is 52.6 Å². The molecule has 1 aliphatic rings. The van der Waals surface area contributed by atoms with E-state index in [4.69, 9.17) is 24.3 Å². The first-order valence-corrected chi connectivity index (χ1v) is 13.7. The first-order valence-electron chi connectivity index (χ1n) is 12.0. The van der Waals surface area contributed by atoms with E-state index in [1.807, 2.05) is 0 Å². The molecule has 0 saturated carbocycles. The molecule has 0 radical (unpaired) electrons. The molecule has 0 aliphatic carbocycles. The highest BCUT2D eigenvalue weighted by Gasteiger charge is 2.46. The van der Waals surface area contributed by atoms with Gasteiger partial charge in [-0.2, -0.15) is 0 Å². The lowest BCUT2D eigenvalue weighted by Crippen LogP contribution is -2.34. The molecule has 1 aromatic carbocycles. The number of carbonyl (C=O) groups is 1. The zero-order valence-corrected chi connectivity index (χ0v) is 22.1. The number of rotatable bonds is 10. The minimum Gasteiger partial charge on any atom is -0.466 e. The van der Waals surface area contributed by atoms with E-state index in [0.717, 1.165) is 0 Å². The van der Waals surface area contributed by atoms with Crippen LogP contribution >= 0.6 is 7.60 Å². The molecule has 4 atom stereocenters. The van der Waals surface area contributed by atoms with E-state index in [1.54, 1.807) is 62.6 Å². The van der Waals surface area contributed by atoms with Crippen molar-refractivity contribution in [3.63, 3.8) is 0 Å². The van der Waals surface area contributed by atoms with Crippen molar-refractivity contribution in [2.75, 3.05) is 25.1 Å². The Labute approximate surface area is 214 Å². The topological polar surface area (TPSA) is 161 Å². The Hall–Kier alpha value is -3.05. The molecule has 0 spiro atoms. The van der Waals surface area contributed by atoms with Gasteiger partial charge in [0.2, 0.25) is 0 Å². The van der Waals surface area contributed by atoms with Gasteiger partial charge in [0.1, 0.15) is 35.5 Å². The number of nitrogens with zero attached hydrogens (tertiary/aromatic N) is 4. The number of esters is 1. The number of hydrogen-bond donors (Lipinski definition) is 2. The Morgan fingerprint density at radius 1 is 1.30 bits per heavy atom. The number of nitrogens with two attached hydrogens (primary N) is 1. The lowest BCUT2D eigenvalue weighted by Gasteiger charge is -2.30. The van der Waals surface area contributed by atoms with Gasteiger partial charge in [0.15, 0.2) is 11.5 Å². The van der Waals surface area contributed by atoms with Crippen LogP contribution in [0.5, 0.6) is 5.75 Å². The molecule has 3 aromatic rings. The van der Waals surface area contributed by atoms with Crippen LogP contribution in [0.2, 0.25) is 0 Å². The van der Waals surface area contributed by atoms with E-state index in [-0.39, 0.29) is 25.0 Å². The maximum Gasteiger partial charge on any atom is 0.380 e. The van der Waals surface area contributed by atoms with E-state index in [0.29, 0.717) is 22.7 Å². The van der Waals surface area contributed by atoms with Gasteiger partial charge in [-0.1, -0.05) is 18.2 Å². The lowest BCUT2D eigenvalue weighted by molar-refractivity contribution is -0.152. The molecule has 1 fully saturated rings. The van der Waals surface area contributed by atoms with Gasteiger partial charge in [0.05, 0.1) is 31.1 Å². The summed E-state index contributed by atoms with van der Waals surface area (Å²) >= 11 is 0. The zero-order valence-electron chi connectivity index (χ0n) is 21.2. The Morgan fingerprint density at radius 3 is 2.70 bits per heavy atom. The minimum atomic E-state index is -3.97. The molecule has 0 bridgehead atoms. The quantitative estimate of drug-likeness (QED) is 0.291. The summed E-state index contributed by atoms with van der Waals surface area (Å²) in [7, 11) is -3.97. The first kappa shape index (κ1) is 27.0. The molecule has 3 heterocycles. The summed E-state index contributed by atoms with van der Waals surface area (Å²) in [5.41, 5.74) is 5.72. The zero-order chi connectivity index (χ0) is 26.8. The Kier molecular flexibility index (Phi) is 7.84. The molecule has 200 valence electrons. The summed E-state index contributed by atoms with van der Waals surface area (Å²) in [6.45, 7) is 6.45. The number of aromatic nitrogens is 4. The summed E-state index contributed by atoms with van der Waals surface area (Å²) in [4.78, 5) is 25.4. The van der Waals surface area contributed by atoms with Crippen molar-refractivity contribution in [1.29, 1.82) is 0 Å². The summed E-state index contributed by atoms with van der Waals surface area (Å²) in [6, 6.07) is 8.57. The average Bonchev–Trinajstić information content (AvgIpc) is 3.43. The van der Waals surface area contributed by atoms with Crippen LogP contribution in [0.15, 0.2) is 36.7 Å². The maximum absolute atomic E-state index is 14.2. The van der Waals surface area contributed by atoms with Crippen LogP contribution in [0.25, 0.3) is 11.2 Å². The molecule has 0 amide bonds. The molecule has 1 unspecified atom stereocenters. The average molecular weight is 534 g/mol. The van der Waals surface area contributed by atoms with E-state index in [9.17, 15) is 14.5 Å². The van der Waals surface area contributed by atoms with E-state index < -0.39 is 44.0 Å². The summed E-state index contributed by atoms with van der Waals surface area (Å²) in [6.07, 6.45) is -0.780. The highest BCUT2D eigenvalue weighted by molar-refractivity contribution is 7.54. The minimum absolute atomic E-state index is 0.185. The van der Waals surface area contributed by atoms with Crippen LogP contribution in [-0.4, -0.2) is 62.2 Å². The number of para-hydroxylation sites is 1. The standard InChI is InChI=1S/C24H32N5O7P/c1-5-33-23(31)24(3,4)13-37(32,35-16-9-7-6-8-10-16)36-17-11-19(34-18(17)12-30)29-14-26-20-21(25)27-15(2)28-22(20)29/h6-10,14,17-19,30H,5,11-13H2,1-4H3,(H2,25,27,28)/t17-,18-,19-,37?/m1/s1. The van der Waals surface area contributed by atoms with Gasteiger partial charge in [-0.15, -0.1) is 0 Å². The number of aliphatic hydroxyl groups excluding tert-OH is 1. The second kappa shape index (κ2) is 10.7. The molecule has 4 rings (SSSR count). The molecule has 2 aromatic heterocycles. The van der Waals surface area contributed by atoms with E-state index in [1.165, 1.54) is 6.33 Å². The third kappa shape index (κ3) is 5.93. The smallest absolute Gasteiger partial charge is 0.380 e. The van der Waals surface area contributed by atoms with Crippen molar-refractivity contribution in [3.05, 3.63) is 42.5 Å². The third-order valence-corrected chi connectivity index (χ3v) is 8.19. The second-order valence-electron chi connectivity index (χ2n) is 9.45. The van der Waals surface area contributed by atoms with Crippen LogP contribution in [0.4, 0.5) is 5.82 Å². The predicted molar refractivity (Wildman–Crippen MR) is 135 cm³/mol. The second-order valence-corrected chi connectivity index (χ2v) is 11.4. The number of fused-ring (bicyclic) bond motifs is 1. The number of anilines is 1. The van der Waals surface area contributed by atoms with Crippen molar-refractivity contribution in [1.82, 2.24) is 19.5 Å². The maximum atomic E-state index is 14.2. The number of nitrogen functional groups attached to an aromatic ring is 1. The van der Waals surface area contributed by atoms with Crippen molar-refractivity contribution >= 4 is 30.5 Å². The Morgan fingerprint density at radius 2 is 2.03 bits per heavy atom.